The van der Waals surface area contributed by atoms with Crippen molar-refractivity contribution in [3.63, 3.8) is 0 Å². The fourth-order valence-corrected chi connectivity index (χ4v) is 0.0289. The first-order chi connectivity index (χ1) is 4.15. The van der Waals surface area contributed by atoms with Crippen molar-refractivity contribution >= 4 is 0 Å². The maximum atomic E-state index is 8.43. The van der Waals surface area contributed by atoms with Crippen LogP contribution in [-0.4, -0.2) is 29.4 Å². The van der Waals surface area contributed by atoms with Crippen molar-refractivity contribution < 1.29 is 15.7 Å². The number of hydrogen-bond acceptors (Lipinski definition) is 3. The van der Waals surface area contributed by atoms with Crippen LogP contribution in [0, 0.1) is 0 Å². The molecule has 0 aliphatic rings. The summed E-state index contributed by atoms with van der Waals surface area (Å²) >= 11 is 0. The van der Waals surface area contributed by atoms with Crippen molar-refractivity contribution in [1.29, 1.82) is 0 Å². The van der Waals surface area contributed by atoms with Crippen LogP contribution in [0.3, 0.4) is 0 Å². The molecule has 0 saturated carbocycles. The summed E-state index contributed by atoms with van der Waals surface area (Å²) in [5.74, 6) is 0. The monoisotopic (exact) mass is 95.1 g/mol. The van der Waals surface area contributed by atoms with Gasteiger partial charge in [0.2, 0.25) is 0 Å². The third-order valence-electron chi connectivity index (χ3n) is 0.278. The molecule has 6 heavy (non-hydrogen) atoms. The molecule has 0 amide bonds. The predicted molar refractivity (Wildman–Crippen MR) is 22.1 cm³/mol. The van der Waals surface area contributed by atoms with Crippen LogP contribution in [0.25, 0.3) is 0 Å². The van der Waals surface area contributed by atoms with Crippen LogP contribution in [0.1, 0.15) is 5.48 Å². The Balaban J connectivity index is 4.23. The van der Waals surface area contributed by atoms with E-state index >= 15 is 0 Å². The molecule has 0 radical (unpaired) electrons. The normalized spacial score (nSPS) is 24.7. The summed E-state index contributed by atoms with van der Waals surface area (Å²) in [7, 11) is 0. The molecule has 0 aromatic heterocycles. The first-order valence-electron chi connectivity index (χ1n) is 3.36. The van der Waals surface area contributed by atoms with Gasteiger partial charge >= 0.3 is 0 Å². The van der Waals surface area contributed by atoms with E-state index in [0.717, 1.165) is 0 Å². The van der Waals surface area contributed by atoms with Gasteiger partial charge in [0.15, 0.2) is 0 Å². The smallest absolute Gasteiger partial charge is 0.0605 e. The Kier molecular flexibility index (Phi) is 0.913. The second kappa shape index (κ2) is 3.08. The molecule has 4 N–H and O–H groups in total. The van der Waals surface area contributed by atoms with Gasteiger partial charge in [-0.25, -0.2) is 0 Å². The molecule has 0 bridgehead atoms. The van der Waals surface area contributed by atoms with E-state index in [9.17, 15) is 0 Å². The zero-order valence-corrected chi connectivity index (χ0v) is 3.05. The van der Waals surface area contributed by atoms with Crippen molar-refractivity contribution in [2.75, 3.05) is 13.1 Å². The molecule has 0 atom stereocenters. The minimum absolute atomic E-state index is 1.96. The first-order valence-corrected chi connectivity index (χ1v) is 1.36. The molecular weight excluding hydrogens is 82.0 g/mol. The van der Waals surface area contributed by atoms with Crippen LogP contribution in [0.2, 0.25) is 0 Å². The molecule has 0 aliphatic carbocycles. The lowest BCUT2D eigenvalue weighted by atomic mass is 10.4. The topological polar surface area (TPSA) is 66.5 Å². The maximum Gasteiger partial charge on any atom is 0.0605 e. The van der Waals surface area contributed by atoms with E-state index in [1.807, 2.05) is 0 Å². The summed E-state index contributed by atoms with van der Waals surface area (Å²) in [4.78, 5) is 0. The van der Waals surface area contributed by atoms with Gasteiger partial charge in [-0.05, 0) is 0 Å². The predicted octanol–water partition coefficient (Wildman–Crippen LogP) is -1.70. The van der Waals surface area contributed by atoms with Crippen molar-refractivity contribution in [2.24, 2.45) is 5.73 Å². The van der Waals surface area contributed by atoms with Crippen molar-refractivity contribution in [2.45, 2.75) is 6.04 Å². The first kappa shape index (κ1) is 1.78. The largest absolute Gasteiger partial charge is 0.395 e. The number of hydrogen-bond donors (Lipinski definition) is 3. The van der Waals surface area contributed by atoms with Gasteiger partial charge in [0.25, 0.3) is 0 Å². The Morgan fingerprint density at radius 1 is 1.67 bits per heavy atom. The molecule has 0 unspecified atom stereocenters. The Bertz CT molecular complexity index is 103. The van der Waals surface area contributed by atoms with E-state index in [1.165, 1.54) is 0 Å². The summed E-state index contributed by atoms with van der Waals surface area (Å²) in [5.41, 5.74) is 4.78. The summed E-state index contributed by atoms with van der Waals surface area (Å²) in [6, 6.07) is -1.96. The zero-order chi connectivity index (χ0) is 8.58. The molecule has 0 heterocycles. The fraction of sp³-hybridized carbons (Fsp3) is 1.00. The molecule has 0 aliphatic heterocycles. The Hall–Kier alpha value is -0.120. The lowest BCUT2D eigenvalue weighted by Gasteiger charge is -1.98. The molecular formula is C3H9NO2. The SMILES string of the molecule is [2H]C([2H])(O)C(N)C([2H])([2H])O. The van der Waals surface area contributed by atoms with Gasteiger partial charge in [-0.1, -0.05) is 0 Å². The van der Waals surface area contributed by atoms with Gasteiger partial charge in [-0.2, -0.15) is 0 Å². The molecule has 3 heteroatoms. The maximum absolute atomic E-state index is 8.43. The van der Waals surface area contributed by atoms with Crippen LogP contribution in [0.15, 0.2) is 0 Å². The standard InChI is InChI=1S/C3H9NO2/c4-3(1-5)2-6/h3,5-6H,1-2,4H2/i1D2,2D2. The summed E-state index contributed by atoms with van der Waals surface area (Å²) in [5, 5.41) is 16.9. The lowest BCUT2D eigenvalue weighted by Crippen LogP contribution is -2.27. The van der Waals surface area contributed by atoms with Crippen LogP contribution in [0.5, 0.6) is 0 Å². The summed E-state index contributed by atoms with van der Waals surface area (Å²) < 4.78 is 26.0. The average molecular weight is 95.1 g/mol. The van der Waals surface area contributed by atoms with Crippen LogP contribution >= 0.6 is 0 Å². The van der Waals surface area contributed by atoms with Gasteiger partial charge in [0, 0.05) is 0 Å². The second-order valence-corrected chi connectivity index (χ2v) is 0.736. The average Bonchev–Trinajstić information content (AvgIpc) is 1.59. The van der Waals surface area contributed by atoms with E-state index in [2.05, 4.69) is 0 Å². The highest BCUT2D eigenvalue weighted by Crippen LogP contribution is 1.66. The lowest BCUT2D eigenvalue weighted by molar-refractivity contribution is 0.194. The fourth-order valence-electron chi connectivity index (χ4n) is 0.0289. The highest BCUT2D eigenvalue weighted by molar-refractivity contribution is 4.52. The van der Waals surface area contributed by atoms with Crippen molar-refractivity contribution in [3.05, 3.63) is 0 Å². The van der Waals surface area contributed by atoms with Crippen molar-refractivity contribution in [1.82, 2.24) is 0 Å². The third-order valence-corrected chi connectivity index (χ3v) is 0.278. The van der Waals surface area contributed by atoms with Gasteiger partial charge < -0.3 is 15.9 Å². The quantitative estimate of drug-likeness (QED) is 0.383. The Labute approximate surface area is 42.0 Å². The number of nitrogens with two attached hydrogens (primary N) is 1. The van der Waals surface area contributed by atoms with Crippen molar-refractivity contribution in [3.8, 4) is 0 Å². The molecule has 0 rings (SSSR count). The molecule has 38 valence electrons. The van der Waals surface area contributed by atoms with E-state index < -0.39 is 19.2 Å². The third kappa shape index (κ3) is 2.14. The minimum Gasteiger partial charge on any atom is -0.395 e. The van der Waals surface area contributed by atoms with Gasteiger partial charge in [-0.15, -0.1) is 0 Å². The van der Waals surface area contributed by atoms with Gasteiger partial charge in [0.05, 0.1) is 24.6 Å². The Morgan fingerprint density at radius 2 is 2.00 bits per heavy atom. The van der Waals surface area contributed by atoms with Crippen LogP contribution in [0.4, 0.5) is 0 Å². The number of rotatable bonds is 2. The molecule has 0 saturated heterocycles. The van der Waals surface area contributed by atoms with Crippen LogP contribution in [-0.2, 0) is 0 Å². The highest BCUT2D eigenvalue weighted by atomic mass is 16.3. The Morgan fingerprint density at radius 3 is 2.00 bits per heavy atom. The molecule has 0 spiro atoms. The molecule has 0 aromatic rings. The summed E-state index contributed by atoms with van der Waals surface area (Å²) in [6.07, 6.45) is 0. The summed E-state index contributed by atoms with van der Waals surface area (Å²) in [6.45, 7) is -5.81. The van der Waals surface area contributed by atoms with Gasteiger partial charge in [0.1, 0.15) is 0 Å². The van der Waals surface area contributed by atoms with E-state index in [-0.39, 0.29) is 0 Å². The molecule has 0 fully saturated rings. The van der Waals surface area contributed by atoms with E-state index in [4.69, 9.17) is 21.4 Å². The number of aliphatic hydroxyl groups is 2. The highest BCUT2D eigenvalue weighted by Gasteiger charge is 1.91. The molecule has 3 nitrogen and oxygen atoms in total. The van der Waals surface area contributed by atoms with E-state index in [1.54, 1.807) is 0 Å². The van der Waals surface area contributed by atoms with Crippen LogP contribution < -0.4 is 5.73 Å². The second-order valence-electron chi connectivity index (χ2n) is 0.736. The van der Waals surface area contributed by atoms with E-state index in [0.29, 0.717) is 0 Å². The molecule has 0 aromatic carbocycles. The minimum atomic E-state index is -2.90. The van der Waals surface area contributed by atoms with Gasteiger partial charge in [-0.3, -0.25) is 0 Å². The zero-order valence-electron chi connectivity index (χ0n) is 7.05.